The summed E-state index contributed by atoms with van der Waals surface area (Å²) in [7, 11) is 0. The third kappa shape index (κ3) is 2.47. The van der Waals surface area contributed by atoms with Gasteiger partial charge in [-0.05, 0) is 42.0 Å². The minimum Gasteiger partial charge on any atom is -0.485 e. The van der Waals surface area contributed by atoms with E-state index in [0.717, 1.165) is 23.3 Å². The topological polar surface area (TPSA) is 46.5 Å². The second kappa shape index (κ2) is 5.16. The number of fused-ring (bicyclic) bond motifs is 1. The molecule has 2 aromatic carbocycles. The molecule has 3 heteroatoms. The largest absolute Gasteiger partial charge is 0.485 e. The highest BCUT2D eigenvalue weighted by molar-refractivity contribution is 5.89. The summed E-state index contributed by atoms with van der Waals surface area (Å²) < 4.78 is 6.16. The van der Waals surface area contributed by atoms with Gasteiger partial charge in [0.15, 0.2) is 0 Å². The molecule has 0 radical (unpaired) electrons. The number of hydrogen-bond donors (Lipinski definition) is 1. The highest BCUT2D eigenvalue weighted by atomic mass is 16.5. The lowest BCUT2D eigenvalue weighted by molar-refractivity contribution is 0.0685. The van der Waals surface area contributed by atoms with Gasteiger partial charge in [-0.2, -0.15) is 0 Å². The number of aromatic carboxylic acids is 1. The summed E-state index contributed by atoms with van der Waals surface area (Å²) in [6.45, 7) is 6.39. The zero-order valence-electron chi connectivity index (χ0n) is 13.1. The molecule has 114 valence electrons. The van der Waals surface area contributed by atoms with Crippen molar-refractivity contribution in [2.45, 2.75) is 38.7 Å². The third-order valence-electron chi connectivity index (χ3n) is 4.37. The van der Waals surface area contributed by atoms with Crippen LogP contribution in [0, 0.1) is 6.92 Å². The van der Waals surface area contributed by atoms with Gasteiger partial charge in [-0.15, -0.1) is 0 Å². The van der Waals surface area contributed by atoms with Crippen LogP contribution in [-0.4, -0.2) is 11.1 Å². The van der Waals surface area contributed by atoms with Crippen LogP contribution in [0.3, 0.4) is 0 Å². The number of benzene rings is 2. The van der Waals surface area contributed by atoms with E-state index in [4.69, 9.17) is 4.74 Å². The summed E-state index contributed by atoms with van der Waals surface area (Å²) in [6.07, 6.45) is 0.518. The van der Waals surface area contributed by atoms with Crippen molar-refractivity contribution < 1.29 is 14.6 Å². The minimum absolute atomic E-state index is 0.0580. The van der Waals surface area contributed by atoms with E-state index in [2.05, 4.69) is 26.0 Å². The van der Waals surface area contributed by atoms with Crippen LogP contribution >= 0.6 is 0 Å². The lowest BCUT2D eigenvalue weighted by atomic mass is 9.75. The molecule has 0 bridgehead atoms. The number of rotatable bonds is 2. The third-order valence-corrected chi connectivity index (χ3v) is 4.37. The molecular formula is C19H20O3. The van der Waals surface area contributed by atoms with Crippen molar-refractivity contribution in [3.05, 3.63) is 64.7 Å². The van der Waals surface area contributed by atoms with E-state index in [1.165, 1.54) is 5.56 Å². The Morgan fingerprint density at radius 2 is 1.95 bits per heavy atom. The molecule has 1 N–H and O–H groups in total. The van der Waals surface area contributed by atoms with E-state index in [0.29, 0.717) is 5.56 Å². The summed E-state index contributed by atoms with van der Waals surface area (Å²) in [5.74, 6) is -0.0477. The van der Waals surface area contributed by atoms with Gasteiger partial charge in [0.25, 0.3) is 0 Å². The first-order valence-corrected chi connectivity index (χ1v) is 7.48. The quantitative estimate of drug-likeness (QED) is 0.888. The normalized spacial score (nSPS) is 19.1. The van der Waals surface area contributed by atoms with Crippen LogP contribution in [0.25, 0.3) is 0 Å². The van der Waals surface area contributed by atoms with Crippen LogP contribution in [0.4, 0.5) is 0 Å². The molecule has 1 heterocycles. The zero-order valence-corrected chi connectivity index (χ0v) is 13.1. The number of aryl methyl sites for hydroxylation is 1. The van der Waals surface area contributed by atoms with E-state index in [1.54, 1.807) is 12.1 Å². The van der Waals surface area contributed by atoms with Crippen molar-refractivity contribution in [1.29, 1.82) is 0 Å². The second-order valence-electron chi connectivity index (χ2n) is 6.59. The molecule has 0 amide bonds. The number of carbonyl (C=O) groups is 1. The molecule has 3 rings (SSSR count). The Hall–Kier alpha value is -2.29. The van der Waals surface area contributed by atoms with Crippen molar-refractivity contribution in [3.8, 4) is 5.75 Å². The van der Waals surface area contributed by atoms with Gasteiger partial charge in [0.2, 0.25) is 0 Å². The smallest absolute Gasteiger partial charge is 0.336 e. The maximum Gasteiger partial charge on any atom is 0.336 e. The molecule has 0 saturated heterocycles. The van der Waals surface area contributed by atoms with Crippen molar-refractivity contribution in [1.82, 2.24) is 0 Å². The van der Waals surface area contributed by atoms with Crippen molar-refractivity contribution >= 4 is 5.97 Å². The predicted molar refractivity (Wildman–Crippen MR) is 85.6 cm³/mol. The second-order valence-corrected chi connectivity index (χ2v) is 6.59. The Kier molecular flexibility index (Phi) is 3.44. The molecule has 1 atom stereocenters. The van der Waals surface area contributed by atoms with E-state index in [9.17, 15) is 9.90 Å². The number of carboxylic acids is 1. The Morgan fingerprint density at radius 3 is 2.68 bits per heavy atom. The first-order chi connectivity index (χ1) is 10.4. The zero-order chi connectivity index (χ0) is 15.9. The van der Waals surface area contributed by atoms with Crippen molar-refractivity contribution in [2.75, 3.05) is 0 Å². The van der Waals surface area contributed by atoms with Gasteiger partial charge in [0.1, 0.15) is 11.9 Å². The number of ether oxygens (including phenoxy) is 1. The monoisotopic (exact) mass is 296 g/mol. The SMILES string of the molecule is Cc1ccc2c(c1)OC(c1ccccc1C(=O)O)CC2(C)C. The fourth-order valence-corrected chi connectivity index (χ4v) is 3.20. The summed E-state index contributed by atoms with van der Waals surface area (Å²) in [6, 6.07) is 13.3. The van der Waals surface area contributed by atoms with Crippen LogP contribution in [0.1, 0.15) is 53.4 Å². The van der Waals surface area contributed by atoms with E-state index in [1.807, 2.05) is 25.1 Å². The average Bonchev–Trinajstić information content (AvgIpc) is 2.45. The van der Waals surface area contributed by atoms with Gasteiger partial charge in [0, 0.05) is 5.56 Å². The van der Waals surface area contributed by atoms with E-state index >= 15 is 0 Å². The molecule has 0 aliphatic carbocycles. The highest BCUT2D eigenvalue weighted by Crippen LogP contribution is 2.46. The van der Waals surface area contributed by atoms with Gasteiger partial charge in [-0.3, -0.25) is 0 Å². The molecule has 0 spiro atoms. The molecule has 1 aliphatic rings. The minimum atomic E-state index is -0.910. The molecule has 3 nitrogen and oxygen atoms in total. The molecular weight excluding hydrogens is 276 g/mol. The Morgan fingerprint density at radius 1 is 1.23 bits per heavy atom. The summed E-state index contributed by atoms with van der Waals surface area (Å²) in [5, 5.41) is 9.41. The Bertz CT molecular complexity index is 731. The van der Waals surface area contributed by atoms with Crippen LogP contribution in [0.15, 0.2) is 42.5 Å². The Balaban J connectivity index is 2.07. The number of hydrogen-bond acceptors (Lipinski definition) is 2. The van der Waals surface area contributed by atoms with Gasteiger partial charge in [0.05, 0.1) is 5.56 Å². The van der Waals surface area contributed by atoms with Crippen molar-refractivity contribution in [3.63, 3.8) is 0 Å². The first-order valence-electron chi connectivity index (χ1n) is 7.48. The van der Waals surface area contributed by atoms with Gasteiger partial charge in [-0.1, -0.05) is 44.2 Å². The Labute approximate surface area is 130 Å². The van der Waals surface area contributed by atoms with E-state index < -0.39 is 5.97 Å². The maximum atomic E-state index is 11.5. The molecule has 1 unspecified atom stereocenters. The highest BCUT2D eigenvalue weighted by Gasteiger charge is 2.36. The van der Waals surface area contributed by atoms with Crippen LogP contribution in [-0.2, 0) is 5.41 Å². The molecule has 0 aromatic heterocycles. The molecule has 2 aromatic rings. The standard InChI is InChI=1S/C19H20O3/c1-12-8-9-15-16(10-12)22-17(11-19(15,2)3)13-6-4-5-7-14(13)18(20)21/h4-10,17H,11H2,1-3H3,(H,20,21). The van der Waals surface area contributed by atoms with Gasteiger partial charge >= 0.3 is 5.97 Å². The lowest BCUT2D eigenvalue weighted by Gasteiger charge is -2.38. The number of carboxylic acid groups (broad SMARTS) is 1. The van der Waals surface area contributed by atoms with E-state index in [-0.39, 0.29) is 11.5 Å². The van der Waals surface area contributed by atoms with Crippen molar-refractivity contribution in [2.24, 2.45) is 0 Å². The van der Waals surface area contributed by atoms with Crippen LogP contribution < -0.4 is 4.74 Å². The first kappa shape index (κ1) is 14.6. The molecule has 1 aliphatic heterocycles. The summed E-state index contributed by atoms with van der Waals surface area (Å²) in [4.78, 5) is 11.5. The molecule has 22 heavy (non-hydrogen) atoms. The van der Waals surface area contributed by atoms with Gasteiger partial charge < -0.3 is 9.84 Å². The summed E-state index contributed by atoms with van der Waals surface area (Å²) >= 11 is 0. The van der Waals surface area contributed by atoms with Gasteiger partial charge in [-0.25, -0.2) is 4.79 Å². The lowest BCUT2D eigenvalue weighted by Crippen LogP contribution is -2.30. The van der Waals surface area contributed by atoms with Crippen LogP contribution in [0.2, 0.25) is 0 Å². The fraction of sp³-hybridized carbons (Fsp3) is 0.316. The molecule has 0 saturated carbocycles. The summed E-state index contributed by atoms with van der Waals surface area (Å²) in [5.41, 5.74) is 3.33. The molecule has 0 fully saturated rings. The average molecular weight is 296 g/mol. The fourth-order valence-electron chi connectivity index (χ4n) is 3.20. The maximum absolute atomic E-state index is 11.5. The van der Waals surface area contributed by atoms with Crippen LogP contribution in [0.5, 0.6) is 5.75 Å². The predicted octanol–water partition coefficient (Wildman–Crippen LogP) is 4.49.